The van der Waals surface area contributed by atoms with E-state index in [4.69, 9.17) is 14.4 Å². The molecule has 0 aromatic carbocycles. The molecule has 0 rings (SSSR count). The van der Waals surface area contributed by atoms with E-state index in [9.17, 15) is 0 Å². The van der Waals surface area contributed by atoms with Crippen LogP contribution in [0.15, 0.2) is 0 Å². The summed E-state index contributed by atoms with van der Waals surface area (Å²) in [6, 6.07) is 0. The zero-order valence-electron chi connectivity index (χ0n) is 9.90. The van der Waals surface area contributed by atoms with Gasteiger partial charge in [-0.25, -0.2) is 0 Å². The smallest absolute Gasteiger partial charge is 0.314 e. The van der Waals surface area contributed by atoms with Crippen molar-refractivity contribution in [1.82, 2.24) is 0 Å². The van der Waals surface area contributed by atoms with Crippen LogP contribution in [0.5, 0.6) is 0 Å². The van der Waals surface area contributed by atoms with Gasteiger partial charge in [-0.3, -0.25) is 4.57 Å². The molecular formula is C9H25ClO3P2. The maximum absolute atomic E-state index is 8.74. The molecule has 2 N–H and O–H groups in total. The predicted molar refractivity (Wildman–Crippen MR) is 73.1 cm³/mol. The lowest BCUT2D eigenvalue weighted by Gasteiger charge is -2.13. The minimum Gasteiger partial charge on any atom is -0.326 e. The van der Waals surface area contributed by atoms with Crippen molar-refractivity contribution in [1.29, 1.82) is 0 Å². The van der Waals surface area contributed by atoms with Crippen molar-refractivity contribution in [3.63, 3.8) is 0 Å². The summed E-state index contributed by atoms with van der Waals surface area (Å²) in [6.07, 6.45) is 8.72. The van der Waals surface area contributed by atoms with Crippen LogP contribution >= 0.6 is 28.6 Å². The summed E-state index contributed by atoms with van der Waals surface area (Å²) in [5, 5.41) is 0. The maximum atomic E-state index is 8.74. The summed E-state index contributed by atoms with van der Waals surface area (Å²) in [7, 11) is -2.69. The van der Waals surface area contributed by atoms with Crippen LogP contribution in [0.3, 0.4) is 0 Å². The Morgan fingerprint density at radius 3 is 1.27 bits per heavy atom. The normalized spacial score (nSPS) is 9.53. The lowest BCUT2D eigenvalue weighted by molar-refractivity contribution is 0.405. The average molecular weight is 279 g/mol. The Balaban J connectivity index is -0.000000249. The first kappa shape index (κ1) is 21.2. The van der Waals surface area contributed by atoms with Crippen molar-refractivity contribution >= 4 is 28.6 Å². The predicted octanol–water partition coefficient (Wildman–Crippen LogP) is 3.48. The molecule has 6 heteroatoms. The minimum absolute atomic E-state index is 0. The Hall–Kier alpha value is 0.870. The summed E-state index contributed by atoms with van der Waals surface area (Å²) in [5.74, 6) is 0. The van der Waals surface area contributed by atoms with Crippen LogP contribution in [0.4, 0.5) is 0 Å². The maximum Gasteiger partial charge on any atom is 0.314 e. The highest BCUT2D eigenvalue weighted by Gasteiger charge is 2.02. The molecule has 0 atom stereocenters. The van der Waals surface area contributed by atoms with E-state index in [-0.39, 0.29) is 12.4 Å². The molecule has 0 fully saturated rings. The highest BCUT2D eigenvalue weighted by molar-refractivity contribution is 7.57. The van der Waals surface area contributed by atoms with E-state index in [0.29, 0.717) is 7.92 Å². The van der Waals surface area contributed by atoms with Gasteiger partial charge in [0.15, 0.2) is 0 Å². The summed E-state index contributed by atoms with van der Waals surface area (Å²) in [5.41, 5.74) is 0. The van der Waals surface area contributed by atoms with E-state index in [1.165, 1.54) is 37.7 Å². The molecule has 0 aromatic rings. The van der Waals surface area contributed by atoms with Gasteiger partial charge in [0.2, 0.25) is 0 Å². The van der Waals surface area contributed by atoms with E-state index >= 15 is 0 Å². The van der Waals surface area contributed by atoms with Crippen LogP contribution in [-0.2, 0) is 4.57 Å². The molecule has 0 aliphatic rings. The van der Waals surface area contributed by atoms with Gasteiger partial charge in [-0.1, -0.05) is 40.0 Å². The molecule has 96 valence electrons. The Kier molecular flexibility index (Phi) is 24.4. The summed E-state index contributed by atoms with van der Waals surface area (Å²) in [6.45, 7) is 6.92. The second-order valence-corrected chi connectivity index (χ2v) is 6.37. The number of hydrogen-bond acceptors (Lipinski definition) is 1. The third-order valence-electron chi connectivity index (χ3n) is 1.62. The largest absolute Gasteiger partial charge is 0.326 e. The lowest BCUT2D eigenvalue weighted by atomic mass is 10.6. The summed E-state index contributed by atoms with van der Waals surface area (Å²) < 4.78 is 8.74. The van der Waals surface area contributed by atoms with E-state index in [1.54, 1.807) is 0 Å². The highest BCUT2D eigenvalue weighted by Crippen LogP contribution is 2.37. The van der Waals surface area contributed by atoms with Crippen LogP contribution in [0.1, 0.15) is 40.0 Å². The van der Waals surface area contributed by atoms with Crippen LogP contribution in [-0.4, -0.2) is 28.3 Å². The zero-order valence-corrected chi connectivity index (χ0v) is 12.6. The molecule has 0 bridgehead atoms. The van der Waals surface area contributed by atoms with Crippen LogP contribution in [0.2, 0.25) is 0 Å². The van der Waals surface area contributed by atoms with E-state index < -0.39 is 8.25 Å². The van der Waals surface area contributed by atoms with Gasteiger partial charge < -0.3 is 9.79 Å². The number of rotatable bonds is 6. The molecule has 0 saturated carbocycles. The molecule has 0 aliphatic heterocycles. The second-order valence-electron chi connectivity index (χ2n) is 3.12. The Labute approximate surface area is 102 Å². The topological polar surface area (TPSA) is 57.5 Å². The summed E-state index contributed by atoms with van der Waals surface area (Å²) >= 11 is 0. The SMILES string of the molecule is CCCP(CCC)CCC.Cl.O=[PH](O)O. The fraction of sp³-hybridized carbons (Fsp3) is 1.00. The van der Waals surface area contributed by atoms with Gasteiger partial charge in [0, 0.05) is 0 Å². The molecule has 0 unspecified atom stereocenters. The van der Waals surface area contributed by atoms with Crippen molar-refractivity contribution in [2.75, 3.05) is 18.5 Å². The zero-order chi connectivity index (χ0) is 11.4. The standard InChI is InChI=1S/C9H21P.ClH.H3O3P/c1-4-7-10(8-5-2)9-6-3;;1-4(2)3/h4-9H2,1-3H3;1H;4H,(H2,1,2,3). The van der Waals surface area contributed by atoms with E-state index in [2.05, 4.69) is 20.8 Å². The van der Waals surface area contributed by atoms with Crippen molar-refractivity contribution in [2.24, 2.45) is 0 Å². The molecule has 0 spiro atoms. The molecule has 0 saturated heterocycles. The van der Waals surface area contributed by atoms with Crippen LogP contribution in [0, 0.1) is 0 Å². The molecule has 15 heavy (non-hydrogen) atoms. The van der Waals surface area contributed by atoms with Crippen molar-refractivity contribution < 1.29 is 14.4 Å². The Morgan fingerprint density at radius 2 is 1.13 bits per heavy atom. The Bertz CT molecular complexity index is 118. The van der Waals surface area contributed by atoms with Crippen LogP contribution in [0.25, 0.3) is 0 Å². The fourth-order valence-electron chi connectivity index (χ4n) is 1.28. The first-order valence-corrected chi connectivity index (χ1v) is 8.42. The quantitative estimate of drug-likeness (QED) is 0.731. The van der Waals surface area contributed by atoms with Gasteiger partial charge in [-0.2, -0.15) is 0 Å². The molecule has 0 amide bonds. The third-order valence-corrected chi connectivity index (χ3v) is 4.86. The van der Waals surface area contributed by atoms with Crippen LogP contribution < -0.4 is 0 Å². The molecule has 0 radical (unpaired) electrons. The molecule has 3 nitrogen and oxygen atoms in total. The minimum atomic E-state index is -3.13. The highest BCUT2D eigenvalue weighted by atomic mass is 35.5. The molecule has 0 heterocycles. The molecule has 0 aliphatic carbocycles. The van der Waals surface area contributed by atoms with Gasteiger partial charge in [0.05, 0.1) is 0 Å². The summed E-state index contributed by atoms with van der Waals surface area (Å²) in [4.78, 5) is 14.3. The van der Waals surface area contributed by atoms with Gasteiger partial charge >= 0.3 is 8.25 Å². The number of halogens is 1. The van der Waals surface area contributed by atoms with E-state index in [0.717, 1.165) is 0 Å². The van der Waals surface area contributed by atoms with E-state index in [1.807, 2.05) is 0 Å². The van der Waals surface area contributed by atoms with Crippen molar-refractivity contribution in [3.8, 4) is 0 Å². The van der Waals surface area contributed by atoms with Gasteiger partial charge in [-0.15, -0.1) is 20.3 Å². The van der Waals surface area contributed by atoms with Gasteiger partial charge in [0.1, 0.15) is 0 Å². The molecule has 0 aromatic heterocycles. The molecular weight excluding hydrogens is 253 g/mol. The van der Waals surface area contributed by atoms with Gasteiger partial charge in [-0.05, 0) is 18.5 Å². The fourth-order valence-corrected chi connectivity index (χ4v) is 3.85. The third kappa shape index (κ3) is 25.3. The number of hydrogen-bond donors (Lipinski definition) is 2. The average Bonchev–Trinajstić information content (AvgIpc) is 2.04. The van der Waals surface area contributed by atoms with Crippen molar-refractivity contribution in [2.45, 2.75) is 40.0 Å². The van der Waals surface area contributed by atoms with Crippen molar-refractivity contribution in [3.05, 3.63) is 0 Å². The van der Waals surface area contributed by atoms with Gasteiger partial charge in [0.25, 0.3) is 0 Å². The second kappa shape index (κ2) is 17.3. The first-order chi connectivity index (χ1) is 6.58. The first-order valence-electron chi connectivity index (χ1n) is 5.22. The Morgan fingerprint density at radius 1 is 0.933 bits per heavy atom. The monoisotopic (exact) mass is 278 g/mol. The lowest BCUT2D eigenvalue weighted by Crippen LogP contribution is -1.92.